The molecule has 0 heterocycles. The molecule has 1 fully saturated rings. The van der Waals surface area contributed by atoms with E-state index in [9.17, 15) is 13.2 Å². The molecular weight excluding hydrogens is 364 g/mol. The zero-order valence-electron chi connectivity index (χ0n) is 15.0. The van der Waals surface area contributed by atoms with E-state index in [2.05, 4.69) is 16.6 Å². The van der Waals surface area contributed by atoms with Crippen molar-refractivity contribution in [2.45, 2.75) is 23.5 Å². The minimum atomic E-state index is -4.00. The zero-order valence-corrected chi connectivity index (χ0v) is 15.8. The molecule has 6 nitrogen and oxygen atoms in total. The van der Waals surface area contributed by atoms with Gasteiger partial charge < -0.3 is 10.1 Å². The minimum Gasteiger partial charge on any atom is -0.489 e. The Morgan fingerprint density at radius 2 is 2.00 bits per heavy atom. The van der Waals surface area contributed by atoms with Gasteiger partial charge in [-0.3, -0.25) is 4.79 Å². The van der Waals surface area contributed by atoms with E-state index >= 15 is 0 Å². The summed E-state index contributed by atoms with van der Waals surface area (Å²) in [4.78, 5) is 12.5. The first kappa shape index (κ1) is 19.1. The predicted molar refractivity (Wildman–Crippen MR) is 103 cm³/mol. The molecule has 1 saturated carbocycles. The summed E-state index contributed by atoms with van der Waals surface area (Å²) < 4.78 is 33.1. The molecule has 2 atom stereocenters. The van der Waals surface area contributed by atoms with Crippen LogP contribution in [0.3, 0.4) is 0 Å². The van der Waals surface area contributed by atoms with Crippen LogP contribution >= 0.6 is 0 Å². The lowest BCUT2D eigenvalue weighted by atomic mass is 10.2. The lowest BCUT2D eigenvalue weighted by Crippen LogP contribution is -2.48. The molecular formula is C20H22N2O4S. The Hall–Kier alpha value is -2.64. The third-order valence-electron chi connectivity index (χ3n) is 4.74. The van der Waals surface area contributed by atoms with Crippen molar-refractivity contribution in [3.63, 3.8) is 0 Å². The van der Waals surface area contributed by atoms with Crippen LogP contribution in [-0.2, 0) is 21.4 Å². The Balaban J connectivity index is 1.71. The first-order valence-corrected chi connectivity index (χ1v) is 10.0. The molecule has 0 aliphatic heterocycles. The van der Waals surface area contributed by atoms with Gasteiger partial charge >= 0.3 is 0 Å². The van der Waals surface area contributed by atoms with Gasteiger partial charge in [0, 0.05) is 12.0 Å². The Labute approximate surface area is 159 Å². The van der Waals surface area contributed by atoms with E-state index in [1.807, 2.05) is 30.3 Å². The van der Waals surface area contributed by atoms with E-state index in [4.69, 9.17) is 4.74 Å². The predicted octanol–water partition coefficient (Wildman–Crippen LogP) is 2.23. The maximum absolute atomic E-state index is 12.6. The summed E-state index contributed by atoms with van der Waals surface area (Å²) in [5, 5.41) is 2.90. The highest BCUT2D eigenvalue weighted by Crippen LogP contribution is 2.44. The Kier molecular flexibility index (Phi) is 5.34. The molecule has 3 rings (SSSR count). The molecule has 27 heavy (non-hydrogen) atoms. The van der Waals surface area contributed by atoms with Crippen molar-refractivity contribution >= 4 is 15.9 Å². The number of benzene rings is 2. The van der Waals surface area contributed by atoms with Crippen LogP contribution in [0.4, 0.5) is 0 Å². The molecule has 2 aromatic carbocycles. The normalized spacial score (nSPS) is 21.3. The Bertz CT molecular complexity index is 943. The highest BCUT2D eigenvalue weighted by atomic mass is 32.2. The number of likely N-dealkylation sites (N-methyl/N-ethyl adjacent to an activating group) is 1. The van der Waals surface area contributed by atoms with E-state index < -0.39 is 21.5 Å². The fourth-order valence-electron chi connectivity index (χ4n) is 2.98. The summed E-state index contributed by atoms with van der Waals surface area (Å²) in [5.41, 5.74) is 0.0650. The average Bonchev–Trinajstić information content (AvgIpc) is 3.42. The number of carbonyl (C=O) groups excluding carboxylic acids is 1. The van der Waals surface area contributed by atoms with Crippen LogP contribution < -0.4 is 14.8 Å². The monoisotopic (exact) mass is 386 g/mol. The van der Waals surface area contributed by atoms with Crippen LogP contribution in [0.5, 0.6) is 5.75 Å². The van der Waals surface area contributed by atoms with E-state index in [1.165, 1.54) is 12.1 Å². The molecule has 0 bridgehead atoms. The molecule has 0 radical (unpaired) electrons. The third-order valence-corrected chi connectivity index (χ3v) is 6.07. The molecule has 0 saturated heterocycles. The number of ether oxygens (including phenoxy) is 1. The topological polar surface area (TPSA) is 84.5 Å². The maximum Gasteiger partial charge on any atom is 0.264 e. The van der Waals surface area contributed by atoms with Gasteiger partial charge in [0.05, 0.1) is 4.90 Å². The molecule has 0 spiro atoms. The number of sulfonamides is 1. The average molecular weight is 386 g/mol. The van der Waals surface area contributed by atoms with Gasteiger partial charge in [0.15, 0.2) is 0 Å². The van der Waals surface area contributed by atoms with Gasteiger partial charge in [-0.2, -0.15) is 0 Å². The highest BCUT2D eigenvalue weighted by Gasteiger charge is 2.58. The fourth-order valence-corrected chi connectivity index (χ4v) is 4.05. The molecule has 1 amide bonds. The molecule has 0 aromatic heterocycles. The second-order valence-electron chi connectivity index (χ2n) is 6.45. The van der Waals surface area contributed by atoms with E-state index in [0.717, 1.165) is 5.56 Å². The van der Waals surface area contributed by atoms with Gasteiger partial charge in [-0.25, -0.2) is 13.1 Å². The van der Waals surface area contributed by atoms with Gasteiger partial charge in [0.25, 0.3) is 15.9 Å². The van der Waals surface area contributed by atoms with Crippen molar-refractivity contribution in [3.8, 4) is 5.75 Å². The fraction of sp³-hybridized carbons (Fsp3) is 0.250. The number of hydrogen-bond donors (Lipinski definition) is 2. The largest absolute Gasteiger partial charge is 0.489 e. The first-order chi connectivity index (χ1) is 12.9. The lowest BCUT2D eigenvalue weighted by molar-refractivity contribution is -0.122. The maximum atomic E-state index is 12.6. The van der Waals surface area contributed by atoms with Crippen molar-refractivity contribution in [1.29, 1.82) is 0 Å². The van der Waals surface area contributed by atoms with Gasteiger partial charge in [-0.1, -0.05) is 42.5 Å². The summed E-state index contributed by atoms with van der Waals surface area (Å²) in [6.45, 7) is 3.99. The summed E-state index contributed by atoms with van der Waals surface area (Å²) in [6, 6.07) is 15.6. The molecule has 1 aliphatic carbocycles. The molecule has 142 valence electrons. The van der Waals surface area contributed by atoms with Crippen LogP contribution in [0.15, 0.2) is 72.1 Å². The van der Waals surface area contributed by atoms with Crippen molar-refractivity contribution < 1.29 is 17.9 Å². The summed E-state index contributed by atoms with van der Waals surface area (Å²) in [6.07, 6.45) is 2.18. The number of hydrogen-bond acceptors (Lipinski definition) is 5. The molecule has 1 aliphatic rings. The van der Waals surface area contributed by atoms with Crippen LogP contribution in [-0.4, -0.2) is 26.9 Å². The van der Waals surface area contributed by atoms with Gasteiger partial charge in [-0.05, 0) is 31.2 Å². The Morgan fingerprint density at radius 1 is 1.26 bits per heavy atom. The first-order valence-electron chi connectivity index (χ1n) is 8.57. The molecule has 2 N–H and O–H groups in total. The van der Waals surface area contributed by atoms with Gasteiger partial charge in [0.2, 0.25) is 0 Å². The summed E-state index contributed by atoms with van der Waals surface area (Å²) in [5.74, 6) is -0.253. The van der Waals surface area contributed by atoms with Crippen molar-refractivity contribution in [3.05, 3.63) is 72.8 Å². The summed E-state index contributed by atoms with van der Waals surface area (Å²) in [7, 11) is -2.37. The number of amides is 1. The summed E-state index contributed by atoms with van der Waals surface area (Å²) >= 11 is 0. The molecule has 0 unspecified atom stereocenters. The number of carbonyl (C=O) groups is 1. The smallest absolute Gasteiger partial charge is 0.264 e. The highest BCUT2D eigenvalue weighted by molar-refractivity contribution is 7.90. The van der Waals surface area contributed by atoms with E-state index in [-0.39, 0.29) is 10.8 Å². The second-order valence-corrected chi connectivity index (χ2v) is 8.13. The quantitative estimate of drug-likeness (QED) is 0.680. The van der Waals surface area contributed by atoms with Gasteiger partial charge in [0.1, 0.15) is 17.9 Å². The number of nitrogens with one attached hydrogen (secondary N) is 2. The van der Waals surface area contributed by atoms with Crippen molar-refractivity contribution in [2.75, 3.05) is 7.05 Å². The van der Waals surface area contributed by atoms with Crippen molar-refractivity contribution in [2.24, 2.45) is 5.92 Å². The van der Waals surface area contributed by atoms with E-state index in [0.29, 0.717) is 18.8 Å². The van der Waals surface area contributed by atoms with Gasteiger partial charge in [-0.15, -0.1) is 6.58 Å². The molecule has 7 heteroatoms. The SMILES string of the molecule is C=C[C@@H]1C[C@]1(NC)C(=O)NS(=O)(=O)c1cccc(OCc2ccccc2)c1. The third kappa shape index (κ3) is 4.04. The van der Waals surface area contributed by atoms with Crippen LogP contribution in [0, 0.1) is 5.92 Å². The van der Waals surface area contributed by atoms with Crippen LogP contribution in [0.2, 0.25) is 0 Å². The van der Waals surface area contributed by atoms with E-state index in [1.54, 1.807) is 25.3 Å². The second kappa shape index (κ2) is 7.54. The lowest BCUT2D eigenvalue weighted by Gasteiger charge is -2.16. The van der Waals surface area contributed by atoms with Crippen LogP contribution in [0.25, 0.3) is 0 Å². The zero-order chi connectivity index (χ0) is 19.5. The molecule has 2 aromatic rings. The van der Waals surface area contributed by atoms with Crippen LogP contribution in [0.1, 0.15) is 12.0 Å². The minimum absolute atomic E-state index is 0.0246. The Morgan fingerprint density at radius 3 is 2.63 bits per heavy atom. The standard InChI is InChI=1S/C20H22N2O4S/c1-3-16-13-20(16,21-2)19(23)22-27(24,25)18-11-7-10-17(12-18)26-14-15-8-5-4-6-9-15/h3-12,16,21H,1,13-14H2,2H3,(H,22,23)/t16-,20-/m1/s1. The van der Waals surface area contributed by atoms with Crippen molar-refractivity contribution in [1.82, 2.24) is 10.0 Å². The number of rotatable bonds is 8.